The fraction of sp³-hybridized carbons (Fsp3) is 0.368. The summed E-state index contributed by atoms with van der Waals surface area (Å²) in [5.74, 6) is 1.08. The van der Waals surface area contributed by atoms with Gasteiger partial charge in [0.2, 0.25) is 5.78 Å². The minimum atomic E-state index is -0.501. The number of benzene rings is 1. The highest BCUT2D eigenvalue weighted by atomic mass is 16.5. The summed E-state index contributed by atoms with van der Waals surface area (Å²) in [6.07, 6.45) is 0. The molecule has 2 N–H and O–H groups in total. The molecule has 0 bridgehead atoms. The van der Waals surface area contributed by atoms with E-state index in [-0.39, 0.29) is 11.6 Å². The van der Waals surface area contributed by atoms with Gasteiger partial charge in [0.15, 0.2) is 5.78 Å². The Morgan fingerprint density at radius 3 is 2.36 bits per heavy atom. The van der Waals surface area contributed by atoms with E-state index in [4.69, 9.17) is 9.47 Å². The summed E-state index contributed by atoms with van der Waals surface area (Å²) in [6.45, 7) is 6.86. The summed E-state index contributed by atoms with van der Waals surface area (Å²) in [5.41, 5.74) is 3.12. The number of methoxy groups -OCH3 is 2. The second kappa shape index (κ2) is 7.42. The molecule has 0 amide bonds. The van der Waals surface area contributed by atoms with Crippen LogP contribution in [0, 0.1) is 13.8 Å². The first-order valence-electron chi connectivity index (χ1n) is 8.03. The second-order valence-corrected chi connectivity index (χ2v) is 5.98. The summed E-state index contributed by atoms with van der Waals surface area (Å²) in [6, 6.07) is 4.84. The van der Waals surface area contributed by atoms with Gasteiger partial charge in [0.25, 0.3) is 0 Å². The predicted octanol–water partition coefficient (Wildman–Crippen LogP) is 3.53. The van der Waals surface area contributed by atoms with Crippen LogP contribution in [0.4, 0.5) is 5.69 Å². The lowest BCUT2D eigenvalue weighted by atomic mass is 10.0. The highest BCUT2D eigenvalue weighted by Crippen LogP contribution is 2.30. The van der Waals surface area contributed by atoms with Gasteiger partial charge in [-0.2, -0.15) is 0 Å². The summed E-state index contributed by atoms with van der Waals surface area (Å²) in [7, 11) is 3.14. The molecule has 2 aromatic rings. The zero-order valence-electron chi connectivity index (χ0n) is 15.4. The maximum Gasteiger partial charge on any atom is 0.201 e. The second-order valence-electron chi connectivity index (χ2n) is 5.98. The van der Waals surface area contributed by atoms with Crippen molar-refractivity contribution in [1.82, 2.24) is 4.98 Å². The average Bonchev–Trinajstić information content (AvgIpc) is 2.88. The van der Waals surface area contributed by atoms with Gasteiger partial charge in [0.05, 0.1) is 31.6 Å². The molecule has 6 heteroatoms. The fourth-order valence-corrected chi connectivity index (χ4v) is 2.96. The maximum atomic E-state index is 12.8. The van der Waals surface area contributed by atoms with Gasteiger partial charge in [0, 0.05) is 17.3 Å². The molecule has 0 saturated heterocycles. The molecule has 1 aromatic heterocycles. The molecule has 134 valence electrons. The van der Waals surface area contributed by atoms with E-state index in [9.17, 15) is 9.59 Å². The number of ketones is 2. The van der Waals surface area contributed by atoms with Crippen molar-refractivity contribution in [2.24, 2.45) is 0 Å². The largest absolute Gasteiger partial charge is 0.497 e. The van der Waals surface area contributed by atoms with E-state index in [1.54, 1.807) is 53.2 Å². The Bertz CT molecular complexity index is 808. The third-order valence-corrected chi connectivity index (χ3v) is 4.21. The van der Waals surface area contributed by atoms with E-state index < -0.39 is 6.04 Å². The number of nitrogens with one attached hydrogen (secondary N) is 2. The Kier molecular flexibility index (Phi) is 5.51. The number of carbonyl (C=O) groups excluding carboxylic acids is 2. The number of aromatic amines is 1. The SMILES string of the molecule is COc1ccc(N[C@H](C)C(=O)c2[nH]c(C)c(C(C)=O)c2C)c(OC)c1. The first-order valence-corrected chi connectivity index (χ1v) is 8.03. The number of anilines is 1. The molecule has 0 aliphatic heterocycles. The number of ether oxygens (including phenoxy) is 2. The molecule has 25 heavy (non-hydrogen) atoms. The third-order valence-electron chi connectivity index (χ3n) is 4.21. The average molecular weight is 344 g/mol. The zero-order valence-corrected chi connectivity index (χ0v) is 15.4. The van der Waals surface area contributed by atoms with Crippen LogP contribution in [0.5, 0.6) is 11.5 Å². The lowest BCUT2D eigenvalue weighted by Gasteiger charge is -2.17. The molecule has 1 atom stereocenters. The van der Waals surface area contributed by atoms with Crippen molar-refractivity contribution in [3.05, 3.63) is 40.7 Å². The normalized spacial score (nSPS) is 11.8. The van der Waals surface area contributed by atoms with Gasteiger partial charge in [0.1, 0.15) is 11.5 Å². The molecular weight excluding hydrogens is 320 g/mol. The Labute approximate surface area is 147 Å². The molecule has 1 aromatic carbocycles. The van der Waals surface area contributed by atoms with Gasteiger partial charge in [-0.15, -0.1) is 0 Å². The summed E-state index contributed by atoms with van der Waals surface area (Å²) in [4.78, 5) is 27.6. The van der Waals surface area contributed by atoms with Crippen LogP contribution >= 0.6 is 0 Å². The first kappa shape index (κ1) is 18.6. The Hall–Kier alpha value is -2.76. The molecule has 0 saturated carbocycles. The molecule has 0 aliphatic rings. The van der Waals surface area contributed by atoms with E-state index >= 15 is 0 Å². The summed E-state index contributed by atoms with van der Waals surface area (Å²) < 4.78 is 10.5. The number of hydrogen-bond donors (Lipinski definition) is 2. The van der Waals surface area contributed by atoms with Gasteiger partial charge in [-0.1, -0.05) is 0 Å². The monoisotopic (exact) mass is 344 g/mol. The molecular formula is C19H24N2O4. The van der Waals surface area contributed by atoms with E-state index in [2.05, 4.69) is 10.3 Å². The van der Waals surface area contributed by atoms with E-state index in [0.29, 0.717) is 39.7 Å². The highest BCUT2D eigenvalue weighted by Gasteiger charge is 2.24. The van der Waals surface area contributed by atoms with E-state index in [1.165, 1.54) is 6.92 Å². The van der Waals surface area contributed by atoms with Crippen molar-refractivity contribution in [2.45, 2.75) is 33.7 Å². The molecule has 1 heterocycles. The molecule has 0 unspecified atom stereocenters. The smallest absolute Gasteiger partial charge is 0.201 e. The van der Waals surface area contributed by atoms with Crippen LogP contribution in [0.3, 0.4) is 0 Å². The fourth-order valence-electron chi connectivity index (χ4n) is 2.96. The van der Waals surface area contributed by atoms with Crippen LogP contribution < -0.4 is 14.8 Å². The lowest BCUT2D eigenvalue weighted by Crippen LogP contribution is -2.27. The molecule has 6 nitrogen and oxygen atoms in total. The number of carbonyl (C=O) groups is 2. The Morgan fingerprint density at radius 1 is 1.16 bits per heavy atom. The highest BCUT2D eigenvalue weighted by molar-refractivity contribution is 6.06. The maximum absolute atomic E-state index is 12.8. The quantitative estimate of drug-likeness (QED) is 0.751. The topological polar surface area (TPSA) is 80.4 Å². The van der Waals surface area contributed by atoms with Gasteiger partial charge in [-0.25, -0.2) is 0 Å². The third kappa shape index (κ3) is 3.68. The van der Waals surface area contributed by atoms with Crippen LogP contribution in [0.1, 0.15) is 46.0 Å². The number of aromatic nitrogens is 1. The van der Waals surface area contributed by atoms with E-state index in [1.807, 2.05) is 0 Å². The number of Topliss-reactive ketones (excluding diaryl/α,β-unsaturated/α-hetero) is 2. The van der Waals surface area contributed by atoms with Crippen LogP contribution in [0.15, 0.2) is 18.2 Å². The minimum absolute atomic E-state index is 0.0530. The number of H-pyrrole nitrogens is 1. The molecule has 0 spiro atoms. The minimum Gasteiger partial charge on any atom is -0.497 e. The Balaban J connectivity index is 2.27. The van der Waals surface area contributed by atoms with Crippen molar-refractivity contribution in [1.29, 1.82) is 0 Å². The first-order chi connectivity index (χ1) is 11.8. The van der Waals surface area contributed by atoms with Gasteiger partial charge >= 0.3 is 0 Å². The molecule has 0 radical (unpaired) electrons. The van der Waals surface area contributed by atoms with Crippen molar-refractivity contribution in [3.8, 4) is 11.5 Å². The molecule has 0 fully saturated rings. The van der Waals surface area contributed by atoms with Crippen LogP contribution in [0.2, 0.25) is 0 Å². The number of hydrogen-bond acceptors (Lipinski definition) is 5. The predicted molar refractivity (Wildman–Crippen MR) is 97.2 cm³/mol. The van der Waals surface area contributed by atoms with Crippen LogP contribution in [-0.2, 0) is 0 Å². The van der Waals surface area contributed by atoms with E-state index in [0.717, 1.165) is 0 Å². The van der Waals surface area contributed by atoms with Crippen molar-refractivity contribution in [3.63, 3.8) is 0 Å². The standard InChI is InChI=1S/C19H24N2O4/c1-10-17(13(4)22)11(2)21-18(10)19(23)12(3)20-15-8-7-14(24-5)9-16(15)25-6/h7-9,12,20-21H,1-6H3/t12-/m1/s1. The Morgan fingerprint density at radius 2 is 1.84 bits per heavy atom. The summed E-state index contributed by atoms with van der Waals surface area (Å²) in [5, 5.41) is 3.16. The zero-order chi connectivity index (χ0) is 18.7. The number of rotatable bonds is 7. The van der Waals surface area contributed by atoms with Crippen molar-refractivity contribution in [2.75, 3.05) is 19.5 Å². The van der Waals surface area contributed by atoms with Crippen molar-refractivity contribution >= 4 is 17.3 Å². The number of aryl methyl sites for hydroxylation is 1. The molecule has 0 aliphatic carbocycles. The van der Waals surface area contributed by atoms with Crippen LogP contribution in [0.25, 0.3) is 0 Å². The van der Waals surface area contributed by atoms with Gasteiger partial charge < -0.3 is 19.8 Å². The van der Waals surface area contributed by atoms with Gasteiger partial charge in [-0.3, -0.25) is 9.59 Å². The summed E-state index contributed by atoms with van der Waals surface area (Å²) >= 11 is 0. The van der Waals surface area contributed by atoms with Gasteiger partial charge in [-0.05, 0) is 45.4 Å². The molecule has 2 rings (SSSR count). The van der Waals surface area contributed by atoms with Crippen molar-refractivity contribution < 1.29 is 19.1 Å². The van der Waals surface area contributed by atoms with Crippen LogP contribution in [-0.4, -0.2) is 36.8 Å². The lowest BCUT2D eigenvalue weighted by molar-refractivity contribution is 0.0970.